The van der Waals surface area contributed by atoms with Gasteiger partial charge in [-0.3, -0.25) is 4.79 Å². The van der Waals surface area contributed by atoms with Gasteiger partial charge in [-0.2, -0.15) is 0 Å². The molecule has 0 aliphatic heterocycles. The Balaban J connectivity index is 1.55. The Bertz CT molecular complexity index is 1110. The fourth-order valence-electron chi connectivity index (χ4n) is 3.49. The van der Waals surface area contributed by atoms with E-state index in [4.69, 9.17) is 0 Å². The van der Waals surface area contributed by atoms with E-state index in [2.05, 4.69) is 37.4 Å². The highest BCUT2D eigenvalue weighted by atomic mass is 16.1. The third kappa shape index (κ3) is 4.06. The summed E-state index contributed by atoms with van der Waals surface area (Å²) in [4.78, 5) is 12.9. The molecule has 0 atom stereocenters. The maximum Gasteiger partial charge on any atom is 0.193 e. The van der Waals surface area contributed by atoms with Crippen molar-refractivity contribution in [3.05, 3.63) is 132 Å². The van der Waals surface area contributed by atoms with Crippen LogP contribution in [0.4, 0.5) is 0 Å². The molecule has 0 radical (unpaired) electrons. The molecule has 4 aromatic carbocycles. The van der Waals surface area contributed by atoms with Crippen LogP contribution in [-0.2, 0) is 0 Å². The van der Waals surface area contributed by atoms with Crippen molar-refractivity contribution in [3.63, 3.8) is 0 Å². The lowest BCUT2D eigenvalue weighted by Crippen LogP contribution is -2.01. The fraction of sp³-hybridized carbons (Fsp3) is 0. The molecule has 0 aromatic heterocycles. The monoisotopic (exact) mass is 386 g/mol. The molecule has 0 spiro atoms. The molecule has 4 aromatic rings. The molecule has 4 rings (SSSR count). The van der Waals surface area contributed by atoms with Gasteiger partial charge in [0.15, 0.2) is 5.78 Å². The van der Waals surface area contributed by atoms with Crippen LogP contribution < -0.4 is 0 Å². The van der Waals surface area contributed by atoms with Crippen molar-refractivity contribution in [2.24, 2.45) is 0 Å². The summed E-state index contributed by atoms with van der Waals surface area (Å²) in [5.41, 5.74) is 7.88. The van der Waals surface area contributed by atoms with Crippen molar-refractivity contribution in [1.82, 2.24) is 0 Å². The molecular formula is C29H22O. The largest absolute Gasteiger partial charge is 0.289 e. The molecule has 0 fully saturated rings. The van der Waals surface area contributed by atoms with E-state index in [1.54, 1.807) is 0 Å². The lowest BCUT2D eigenvalue weighted by Gasteiger charge is -2.07. The number of carbonyl (C=O) groups is 1. The van der Waals surface area contributed by atoms with Gasteiger partial charge in [0.05, 0.1) is 0 Å². The Morgan fingerprint density at radius 3 is 1.30 bits per heavy atom. The van der Waals surface area contributed by atoms with Gasteiger partial charge in [0.25, 0.3) is 0 Å². The molecule has 0 aliphatic carbocycles. The van der Waals surface area contributed by atoms with Crippen LogP contribution in [0.15, 0.2) is 110 Å². The minimum atomic E-state index is 0.0211. The molecule has 0 heterocycles. The van der Waals surface area contributed by atoms with Crippen molar-refractivity contribution in [3.8, 4) is 22.3 Å². The Kier molecular flexibility index (Phi) is 5.54. The maximum absolute atomic E-state index is 12.9. The summed E-state index contributed by atoms with van der Waals surface area (Å²) in [6.07, 6.45) is 3.66. The summed E-state index contributed by atoms with van der Waals surface area (Å²) >= 11 is 0. The summed E-state index contributed by atoms with van der Waals surface area (Å²) in [6, 6.07) is 31.9. The topological polar surface area (TPSA) is 17.1 Å². The summed E-state index contributed by atoms with van der Waals surface area (Å²) in [7, 11) is 0. The van der Waals surface area contributed by atoms with Gasteiger partial charge in [-0.1, -0.05) is 110 Å². The molecule has 1 nitrogen and oxygen atoms in total. The Morgan fingerprint density at radius 2 is 0.933 bits per heavy atom. The molecule has 0 saturated carbocycles. The number of hydrogen-bond acceptors (Lipinski definition) is 1. The first kappa shape index (κ1) is 19.4. The van der Waals surface area contributed by atoms with Crippen LogP contribution in [0.5, 0.6) is 0 Å². The van der Waals surface area contributed by atoms with E-state index in [-0.39, 0.29) is 5.78 Å². The lowest BCUT2D eigenvalue weighted by atomic mass is 9.96. The van der Waals surface area contributed by atoms with Crippen molar-refractivity contribution in [1.29, 1.82) is 0 Å². The maximum atomic E-state index is 12.9. The quantitative estimate of drug-likeness (QED) is 0.313. The summed E-state index contributed by atoms with van der Waals surface area (Å²) in [5, 5.41) is 0. The highest BCUT2D eigenvalue weighted by Crippen LogP contribution is 2.24. The number of benzene rings is 4. The number of ketones is 1. The summed E-state index contributed by atoms with van der Waals surface area (Å²) < 4.78 is 0. The van der Waals surface area contributed by atoms with E-state index in [0.717, 1.165) is 33.4 Å². The third-order valence-corrected chi connectivity index (χ3v) is 5.21. The van der Waals surface area contributed by atoms with Crippen molar-refractivity contribution < 1.29 is 4.79 Å². The zero-order chi connectivity index (χ0) is 20.9. The average molecular weight is 386 g/mol. The van der Waals surface area contributed by atoms with Gasteiger partial charge in [0.2, 0.25) is 0 Å². The number of carbonyl (C=O) groups excluding carboxylic acids is 1. The molecule has 0 bridgehead atoms. The molecule has 144 valence electrons. The molecule has 0 amide bonds. The van der Waals surface area contributed by atoms with Crippen LogP contribution in [0.1, 0.15) is 27.0 Å². The van der Waals surface area contributed by atoms with Crippen LogP contribution in [-0.4, -0.2) is 5.78 Å². The molecule has 0 aliphatic rings. The minimum Gasteiger partial charge on any atom is -0.289 e. The SMILES string of the molecule is C=Cc1cccc(-c2ccc(C(=O)c3ccc(-c4cccc(C=C)c4)cc3)cc2)c1. The van der Waals surface area contributed by atoms with Gasteiger partial charge in [-0.05, 0) is 45.5 Å². The fourth-order valence-corrected chi connectivity index (χ4v) is 3.49. The molecule has 0 saturated heterocycles. The van der Waals surface area contributed by atoms with E-state index in [0.29, 0.717) is 11.1 Å². The minimum absolute atomic E-state index is 0.0211. The standard InChI is InChI=1S/C29H22O/c1-3-21-7-5-9-27(19-21)23-11-15-25(16-12-23)29(30)26-17-13-24(14-18-26)28-10-6-8-22(4-2)20-28/h3-20H,1-2H2. The Hall–Kier alpha value is -3.97. The third-order valence-electron chi connectivity index (χ3n) is 5.21. The van der Waals surface area contributed by atoms with Crippen LogP contribution in [0.3, 0.4) is 0 Å². The first-order valence-corrected chi connectivity index (χ1v) is 9.88. The summed E-state index contributed by atoms with van der Waals surface area (Å²) in [6.45, 7) is 7.64. The average Bonchev–Trinajstić information content (AvgIpc) is 2.84. The lowest BCUT2D eigenvalue weighted by molar-refractivity contribution is 0.103. The molecule has 30 heavy (non-hydrogen) atoms. The van der Waals surface area contributed by atoms with Crippen molar-refractivity contribution >= 4 is 17.9 Å². The van der Waals surface area contributed by atoms with E-state index in [1.807, 2.05) is 84.9 Å². The van der Waals surface area contributed by atoms with Gasteiger partial charge in [0, 0.05) is 11.1 Å². The molecule has 0 unspecified atom stereocenters. The second-order valence-corrected chi connectivity index (χ2v) is 7.14. The van der Waals surface area contributed by atoms with Gasteiger partial charge < -0.3 is 0 Å². The first-order valence-electron chi connectivity index (χ1n) is 9.88. The summed E-state index contributed by atoms with van der Waals surface area (Å²) in [5.74, 6) is 0.0211. The van der Waals surface area contributed by atoms with Gasteiger partial charge >= 0.3 is 0 Å². The zero-order valence-electron chi connectivity index (χ0n) is 16.7. The van der Waals surface area contributed by atoms with E-state index in [1.165, 1.54) is 0 Å². The van der Waals surface area contributed by atoms with E-state index < -0.39 is 0 Å². The van der Waals surface area contributed by atoms with Crippen LogP contribution in [0, 0.1) is 0 Å². The van der Waals surface area contributed by atoms with E-state index >= 15 is 0 Å². The zero-order valence-corrected chi connectivity index (χ0v) is 16.7. The predicted octanol–water partition coefficient (Wildman–Crippen LogP) is 7.54. The predicted molar refractivity (Wildman–Crippen MR) is 127 cm³/mol. The smallest absolute Gasteiger partial charge is 0.193 e. The number of rotatable bonds is 6. The highest BCUT2D eigenvalue weighted by molar-refractivity contribution is 6.09. The highest BCUT2D eigenvalue weighted by Gasteiger charge is 2.10. The molecule has 1 heteroatoms. The van der Waals surface area contributed by atoms with Gasteiger partial charge in [-0.15, -0.1) is 0 Å². The van der Waals surface area contributed by atoms with Crippen LogP contribution in [0.25, 0.3) is 34.4 Å². The molecule has 0 N–H and O–H groups in total. The second-order valence-electron chi connectivity index (χ2n) is 7.14. The Labute approximate surface area is 177 Å². The molecular weight excluding hydrogens is 364 g/mol. The normalized spacial score (nSPS) is 10.4. The van der Waals surface area contributed by atoms with Crippen molar-refractivity contribution in [2.45, 2.75) is 0 Å². The Morgan fingerprint density at radius 1 is 0.533 bits per heavy atom. The second kappa shape index (κ2) is 8.59. The van der Waals surface area contributed by atoms with Crippen molar-refractivity contribution in [2.75, 3.05) is 0 Å². The number of hydrogen-bond donors (Lipinski definition) is 0. The van der Waals surface area contributed by atoms with Gasteiger partial charge in [-0.25, -0.2) is 0 Å². The van der Waals surface area contributed by atoms with Crippen LogP contribution in [0.2, 0.25) is 0 Å². The van der Waals surface area contributed by atoms with Crippen LogP contribution >= 0.6 is 0 Å². The van der Waals surface area contributed by atoms with E-state index in [9.17, 15) is 4.79 Å². The van der Waals surface area contributed by atoms with Gasteiger partial charge in [0.1, 0.15) is 0 Å². The first-order chi connectivity index (χ1) is 14.7.